The van der Waals surface area contributed by atoms with Crippen molar-refractivity contribution in [3.63, 3.8) is 0 Å². The normalized spacial score (nSPS) is 34.9. The second-order valence-corrected chi connectivity index (χ2v) is 6.83. The summed E-state index contributed by atoms with van der Waals surface area (Å²) in [5.74, 6) is -2.33. The lowest BCUT2D eigenvalue weighted by molar-refractivity contribution is -0.148. The summed E-state index contributed by atoms with van der Waals surface area (Å²) in [6, 6.07) is 8.16. The van der Waals surface area contributed by atoms with E-state index in [1.807, 2.05) is 12.1 Å². The number of ether oxygens (including phenoxy) is 1. The number of carboxylic acid groups (broad SMARTS) is 1. The van der Waals surface area contributed by atoms with Gasteiger partial charge in [0.25, 0.3) is 0 Å². The maximum absolute atomic E-state index is 12.8. The lowest BCUT2D eigenvalue weighted by atomic mass is 9.78. The highest BCUT2D eigenvalue weighted by molar-refractivity contribution is 5.86. The molecule has 0 saturated carbocycles. The number of aryl methyl sites for hydroxylation is 1. The molecular weight excluding hydrogens is 294 g/mol. The second-order valence-electron chi connectivity index (χ2n) is 6.83. The first-order valence-corrected chi connectivity index (χ1v) is 8.41. The van der Waals surface area contributed by atoms with Crippen molar-refractivity contribution >= 4 is 11.9 Å². The molecule has 2 aliphatic heterocycles. The molecule has 5 atom stereocenters. The van der Waals surface area contributed by atoms with E-state index < -0.39 is 17.8 Å². The first-order valence-electron chi connectivity index (χ1n) is 8.41. The van der Waals surface area contributed by atoms with E-state index in [1.54, 1.807) is 0 Å². The van der Waals surface area contributed by atoms with Crippen molar-refractivity contribution in [3.05, 3.63) is 35.4 Å². The van der Waals surface area contributed by atoms with Crippen LogP contribution in [0.1, 0.15) is 42.9 Å². The van der Waals surface area contributed by atoms with Crippen molar-refractivity contribution in [1.82, 2.24) is 5.32 Å². The van der Waals surface area contributed by atoms with Gasteiger partial charge >= 0.3 is 5.97 Å². The van der Waals surface area contributed by atoms with Crippen LogP contribution >= 0.6 is 0 Å². The van der Waals surface area contributed by atoms with Gasteiger partial charge in [0, 0.05) is 0 Å². The molecule has 2 bridgehead atoms. The Kier molecular flexibility index (Phi) is 3.60. The molecule has 1 aliphatic carbocycles. The van der Waals surface area contributed by atoms with Gasteiger partial charge in [0.2, 0.25) is 5.91 Å². The molecule has 2 heterocycles. The molecule has 122 valence electrons. The molecule has 4 rings (SSSR count). The number of amides is 1. The third-order valence-electron chi connectivity index (χ3n) is 5.55. The van der Waals surface area contributed by atoms with Gasteiger partial charge in [0.05, 0.1) is 30.1 Å². The van der Waals surface area contributed by atoms with Crippen LogP contribution < -0.4 is 5.32 Å². The Morgan fingerprint density at radius 1 is 1.09 bits per heavy atom. The highest BCUT2D eigenvalue weighted by atomic mass is 16.5. The molecule has 2 fully saturated rings. The maximum Gasteiger partial charge on any atom is 0.310 e. The number of aliphatic carboxylic acids is 1. The predicted octanol–water partition coefficient (Wildman–Crippen LogP) is 2.06. The van der Waals surface area contributed by atoms with Gasteiger partial charge in [-0.3, -0.25) is 9.59 Å². The Hall–Kier alpha value is -1.88. The lowest BCUT2D eigenvalue weighted by Gasteiger charge is -2.30. The van der Waals surface area contributed by atoms with E-state index in [1.165, 1.54) is 11.1 Å². The van der Waals surface area contributed by atoms with Crippen LogP contribution in [0.15, 0.2) is 24.3 Å². The number of fused-ring (bicyclic) bond motifs is 3. The number of carbonyl (C=O) groups excluding carboxylic acids is 1. The molecule has 5 heteroatoms. The topological polar surface area (TPSA) is 75.6 Å². The van der Waals surface area contributed by atoms with Gasteiger partial charge < -0.3 is 15.2 Å². The van der Waals surface area contributed by atoms with Crippen LogP contribution in [0.5, 0.6) is 0 Å². The van der Waals surface area contributed by atoms with Crippen LogP contribution in [0.2, 0.25) is 0 Å². The fourth-order valence-corrected chi connectivity index (χ4v) is 4.50. The molecule has 2 saturated heterocycles. The first kappa shape index (κ1) is 14.7. The van der Waals surface area contributed by atoms with Crippen LogP contribution in [0, 0.1) is 11.8 Å². The smallest absolute Gasteiger partial charge is 0.310 e. The van der Waals surface area contributed by atoms with E-state index in [0.717, 1.165) is 32.1 Å². The molecule has 1 amide bonds. The van der Waals surface area contributed by atoms with E-state index in [0.29, 0.717) is 0 Å². The van der Waals surface area contributed by atoms with Gasteiger partial charge in [-0.2, -0.15) is 0 Å². The summed E-state index contributed by atoms with van der Waals surface area (Å²) in [6.45, 7) is 0. The Morgan fingerprint density at radius 3 is 2.61 bits per heavy atom. The summed E-state index contributed by atoms with van der Waals surface area (Å²) in [5.41, 5.74) is 2.45. The van der Waals surface area contributed by atoms with Gasteiger partial charge in [-0.15, -0.1) is 0 Å². The number of benzene rings is 1. The summed E-state index contributed by atoms with van der Waals surface area (Å²) < 4.78 is 5.70. The summed E-state index contributed by atoms with van der Waals surface area (Å²) in [4.78, 5) is 24.3. The fourth-order valence-electron chi connectivity index (χ4n) is 4.50. The highest BCUT2D eigenvalue weighted by Crippen LogP contribution is 2.44. The Bertz CT molecular complexity index is 644. The zero-order valence-electron chi connectivity index (χ0n) is 12.9. The number of carbonyl (C=O) groups is 2. The average Bonchev–Trinajstić information content (AvgIpc) is 3.16. The molecule has 0 spiro atoms. The average molecular weight is 315 g/mol. The molecular formula is C18H21NO4. The van der Waals surface area contributed by atoms with Crippen molar-refractivity contribution in [3.8, 4) is 0 Å². The Morgan fingerprint density at radius 2 is 1.83 bits per heavy atom. The first-order chi connectivity index (χ1) is 11.1. The van der Waals surface area contributed by atoms with Crippen molar-refractivity contribution in [2.45, 2.75) is 50.4 Å². The zero-order valence-corrected chi connectivity index (χ0v) is 12.9. The van der Waals surface area contributed by atoms with Crippen LogP contribution in [-0.2, 0) is 20.7 Å². The van der Waals surface area contributed by atoms with Gasteiger partial charge in [0.1, 0.15) is 0 Å². The zero-order chi connectivity index (χ0) is 16.0. The summed E-state index contributed by atoms with van der Waals surface area (Å²) >= 11 is 0. The van der Waals surface area contributed by atoms with E-state index >= 15 is 0 Å². The molecule has 0 aromatic heterocycles. The quantitative estimate of drug-likeness (QED) is 0.895. The molecule has 0 unspecified atom stereocenters. The van der Waals surface area contributed by atoms with E-state index in [9.17, 15) is 14.7 Å². The largest absolute Gasteiger partial charge is 0.481 e. The predicted molar refractivity (Wildman–Crippen MR) is 82.8 cm³/mol. The van der Waals surface area contributed by atoms with Gasteiger partial charge in [-0.05, 0) is 43.2 Å². The fraction of sp³-hybridized carbons (Fsp3) is 0.556. The van der Waals surface area contributed by atoms with E-state index in [2.05, 4.69) is 17.4 Å². The van der Waals surface area contributed by atoms with Crippen molar-refractivity contribution in [2.75, 3.05) is 0 Å². The second kappa shape index (κ2) is 5.64. The number of nitrogens with one attached hydrogen (secondary N) is 1. The molecule has 1 aromatic carbocycles. The molecule has 23 heavy (non-hydrogen) atoms. The number of hydrogen-bond acceptors (Lipinski definition) is 3. The molecule has 2 N–H and O–H groups in total. The van der Waals surface area contributed by atoms with Crippen LogP contribution in [0.3, 0.4) is 0 Å². The summed E-state index contributed by atoms with van der Waals surface area (Å²) in [6.07, 6.45) is 3.98. The third kappa shape index (κ3) is 2.43. The highest BCUT2D eigenvalue weighted by Gasteiger charge is 2.55. The molecule has 3 aliphatic rings. The summed E-state index contributed by atoms with van der Waals surface area (Å²) in [5, 5.41) is 12.6. The van der Waals surface area contributed by atoms with Gasteiger partial charge in [0.15, 0.2) is 0 Å². The van der Waals surface area contributed by atoms with E-state index in [4.69, 9.17) is 4.74 Å². The van der Waals surface area contributed by atoms with Crippen LogP contribution in [0.4, 0.5) is 0 Å². The SMILES string of the molecule is O=C(O)[C@@H]1[C@@H](C(=O)N[C@@H]2CCCc3ccccc32)[C@H]2CC[C@@H]1O2. The Balaban J connectivity index is 1.54. The van der Waals surface area contributed by atoms with Crippen LogP contribution in [0.25, 0.3) is 0 Å². The summed E-state index contributed by atoms with van der Waals surface area (Å²) in [7, 11) is 0. The van der Waals surface area contributed by atoms with E-state index in [-0.39, 0.29) is 24.2 Å². The number of hydrogen-bond donors (Lipinski definition) is 2. The standard InChI is InChI=1S/C18H21NO4/c20-17(15-13-8-9-14(23-13)16(15)18(21)22)19-12-7-3-5-10-4-1-2-6-11(10)12/h1-2,4,6,12-16H,3,5,7-9H2,(H,19,20)(H,21,22)/t12-,13-,14+,15+,16+/m1/s1. The molecule has 5 nitrogen and oxygen atoms in total. The molecule has 1 aromatic rings. The molecule has 0 radical (unpaired) electrons. The number of carboxylic acids is 1. The Labute approximate surface area is 135 Å². The third-order valence-corrected chi connectivity index (χ3v) is 5.55. The van der Waals surface area contributed by atoms with Gasteiger partial charge in [-0.25, -0.2) is 0 Å². The number of rotatable bonds is 3. The monoisotopic (exact) mass is 315 g/mol. The van der Waals surface area contributed by atoms with Crippen molar-refractivity contribution < 1.29 is 19.4 Å². The lowest BCUT2D eigenvalue weighted by Crippen LogP contribution is -2.45. The van der Waals surface area contributed by atoms with Gasteiger partial charge in [-0.1, -0.05) is 24.3 Å². The van der Waals surface area contributed by atoms with Crippen molar-refractivity contribution in [2.24, 2.45) is 11.8 Å². The minimum atomic E-state index is -0.915. The minimum Gasteiger partial charge on any atom is -0.481 e. The van der Waals surface area contributed by atoms with Crippen molar-refractivity contribution in [1.29, 1.82) is 0 Å². The van der Waals surface area contributed by atoms with Crippen LogP contribution in [-0.4, -0.2) is 29.2 Å². The minimum absolute atomic E-state index is 0.0129. The maximum atomic E-state index is 12.8.